The van der Waals surface area contributed by atoms with Crippen molar-refractivity contribution in [3.63, 3.8) is 0 Å². The summed E-state index contributed by atoms with van der Waals surface area (Å²) in [6.45, 7) is -0.472. The van der Waals surface area contributed by atoms with E-state index in [1.165, 1.54) is 6.07 Å². The topological polar surface area (TPSA) is 89.8 Å². The summed E-state index contributed by atoms with van der Waals surface area (Å²) in [5, 5.41) is 6.49. The maximum absolute atomic E-state index is 13.6. The number of amides is 1. The minimum Gasteiger partial charge on any atom is -0.307 e. The van der Waals surface area contributed by atoms with Gasteiger partial charge in [-0.15, -0.1) is 0 Å². The molecule has 1 aromatic carbocycles. The van der Waals surface area contributed by atoms with E-state index in [4.69, 9.17) is 0 Å². The van der Waals surface area contributed by atoms with Crippen LogP contribution < -0.4 is 10.9 Å². The Morgan fingerprint density at radius 3 is 2.52 bits per heavy atom. The summed E-state index contributed by atoms with van der Waals surface area (Å²) in [5.41, 5.74) is 0.381. The molecule has 2 aromatic heterocycles. The van der Waals surface area contributed by atoms with Gasteiger partial charge in [-0.2, -0.15) is 5.10 Å². The van der Waals surface area contributed by atoms with Gasteiger partial charge in [0.15, 0.2) is 11.6 Å². The highest BCUT2D eigenvalue weighted by atomic mass is 19.1. The molecule has 1 aliphatic rings. The summed E-state index contributed by atoms with van der Waals surface area (Å²) < 4.78 is 41.7. The second-order valence-electron chi connectivity index (χ2n) is 6.64. The molecule has 1 fully saturated rings. The molecule has 0 radical (unpaired) electrons. The van der Waals surface area contributed by atoms with Gasteiger partial charge in [-0.3, -0.25) is 9.59 Å². The number of carbonyl (C=O) groups is 1. The minimum atomic E-state index is -0.816. The predicted octanol–water partition coefficient (Wildman–Crippen LogP) is 2.63. The van der Waals surface area contributed by atoms with Crippen molar-refractivity contribution in [1.82, 2.24) is 19.7 Å². The molecule has 0 unspecified atom stereocenters. The highest BCUT2D eigenvalue weighted by molar-refractivity contribution is 5.89. The molecule has 0 spiro atoms. The third kappa shape index (κ3) is 4.15. The predicted molar refractivity (Wildman–Crippen MR) is 96.4 cm³/mol. The van der Waals surface area contributed by atoms with Gasteiger partial charge in [0, 0.05) is 23.6 Å². The zero-order chi connectivity index (χ0) is 20.5. The Bertz CT molecular complexity index is 1140. The summed E-state index contributed by atoms with van der Waals surface area (Å²) >= 11 is 0. The van der Waals surface area contributed by atoms with Gasteiger partial charge in [0.2, 0.25) is 5.91 Å². The van der Waals surface area contributed by atoms with E-state index in [2.05, 4.69) is 20.4 Å². The first-order chi connectivity index (χ1) is 13.9. The summed E-state index contributed by atoms with van der Waals surface area (Å²) in [7, 11) is 0. The molecular formula is C19H14F3N5O2. The average molecular weight is 401 g/mol. The number of rotatable bonds is 5. The Balaban J connectivity index is 1.65. The Hall–Kier alpha value is -3.56. The Labute approximate surface area is 162 Å². The van der Waals surface area contributed by atoms with E-state index in [1.807, 2.05) is 0 Å². The van der Waals surface area contributed by atoms with Crippen LogP contribution in [0.25, 0.3) is 11.1 Å². The van der Waals surface area contributed by atoms with E-state index in [0.717, 1.165) is 48.2 Å². The fraction of sp³-hybridized carbons (Fsp3) is 0.211. The number of hydrogen-bond donors (Lipinski definition) is 1. The van der Waals surface area contributed by atoms with Crippen molar-refractivity contribution in [3.8, 4) is 11.1 Å². The lowest BCUT2D eigenvalue weighted by atomic mass is 10.0. The molecule has 148 valence electrons. The molecular weight excluding hydrogens is 387 g/mol. The molecule has 3 aromatic rings. The maximum Gasteiger partial charge on any atom is 0.267 e. The van der Waals surface area contributed by atoms with Crippen LogP contribution in [0.15, 0.2) is 41.6 Å². The van der Waals surface area contributed by atoms with Gasteiger partial charge in [-0.25, -0.2) is 27.8 Å². The van der Waals surface area contributed by atoms with Crippen molar-refractivity contribution in [2.75, 3.05) is 5.32 Å². The van der Waals surface area contributed by atoms with E-state index >= 15 is 0 Å². The van der Waals surface area contributed by atoms with Crippen molar-refractivity contribution >= 4 is 11.7 Å². The van der Waals surface area contributed by atoms with Crippen LogP contribution in [0.3, 0.4) is 0 Å². The van der Waals surface area contributed by atoms with E-state index in [1.54, 1.807) is 0 Å². The van der Waals surface area contributed by atoms with E-state index in [0.29, 0.717) is 11.3 Å². The van der Waals surface area contributed by atoms with Crippen molar-refractivity contribution in [2.45, 2.75) is 25.3 Å². The summed E-state index contributed by atoms with van der Waals surface area (Å²) in [6.07, 6.45) is 3.59. The second kappa shape index (κ2) is 7.46. The van der Waals surface area contributed by atoms with Crippen LogP contribution in [0.2, 0.25) is 0 Å². The number of halogens is 3. The lowest BCUT2D eigenvalue weighted by Crippen LogP contribution is -2.30. The van der Waals surface area contributed by atoms with Crippen LogP contribution >= 0.6 is 0 Å². The van der Waals surface area contributed by atoms with Crippen molar-refractivity contribution in [2.24, 2.45) is 0 Å². The average Bonchev–Trinajstić information content (AvgIpc) is 3.49. The van der Waals surface area contributed by atoms with Crippen molar-refractivity contribution < 1.29 is 18.0 Å². The Morgan fingerprint density at radius 2 is 1.86 bits per heavy atom. The quantitative estimate of drug-likeness (QED) is 0.710. The maximum atomic E-state index is 13.6. The standard InChI is InChI=1S/C19H14F3N5O2/c20-12-3-11(4-13(21)5-12)14-6-17(29)27(26-18(14)10-1-2-10)8-16(28)25-19-15(22)7-23-9-24-19/h3-7,9-10H,1-2,8H2,(H,23,24,25,28). The van der Waals surface area contributed by atoms with Gasteiger partial charge >= 0.3 is 0 Å². The number of hydrogen-bond acceptors (Lipinski definition) is 5. The number of nitrogens with one attached hydrogen (secondary N) is 1. The lowest BCUT2D eigenvalue weighted by Gasteiger charge is -2.12. The van der Waals surface area contributed by atoms with E-state index in [9.17, 15) is 22.8 Å². The smallest absolute Gasteiger partial charge is 0.267 e. The van der Waals surface area contributed by atoms with Crippen LogP contribution in [0.4, 0.5) is 19.0 Å². The van der Waals surface area contributed by atoms with Gasteiger partial charge in [0.1, 0.15) is 24.5 Å². The monoisotopic (exact) mass is 401 g/mol. The Morgan fingerprint density at radius 1 is 1.14 bits per heavy atom. The molecule has 4 rings (SSSR count). The number of nitrogens with zero attached hydrogens (tertiary/aromatic N) is 4. The molecule has 1 saturated carbocycles. The number of aromatic nitrogens is 4. The molecule has 0 saturated heterocycles. The number of carbonyl (C=O) groups excluding carboxylic acids is 1. The fourth-order valence-corrected chi connectivity index (χ4v) is 2.93. The van der Waals surface area contributed by atoms with Crippen LogP contribution in [-0.4, -0.2) is 25.7 Å². The van der Waals surface area contributed by atoms with Crippen molar-refractivity contribution in [1.29, 1.82) is 0 Å². The molecule has 7 nitrogen and oxygen atoms in total. The van der Waals surface area contributed by atoms with E-state index < -0.39 is 35.5 Å². The molecule has 10 heteroatoms. The fourth-order valence-electron chi connectivity index (χ4n) is 2.93. The van der Waals surface area contributed by atoms with Gasteiger partial charge < -0.3 is 5.32 Å². The van der Waals surface area contributed by atoms with Crippen LogP contribution in [0.5, 0.6) is 0 Å². The number of benzene rings is 1. The second-order valence-corrected chi connectivity index (χ2v) is 6.64. The first-order valence-electron chi connectivity index (χ1n) is 8.74. The van der Waals surface area contributed by atoms with Crippen LogP contribution in [0.1, 0.15) is 24.5 Å². The molecule has 0 atom stereocenters. The lowest BCUT2D eigenvalue weighted by molar-refractivity contribution is -0.117. The highest BCUT2D eigenvalue weighted by Gasteiger charge is 2.30. The molecule has 0 aliphatic heterocycles. The van der Waals surface area contributed by atoms with Gasteiger partial charge in [-0.1, -0.05) is 0 Å². The van der Waals surface area contributed by atoms with Crippen LogP contribution in [-0.2, 0) is 11.3 Å². The molecule has 2 heterocycles. The summed E-state index contributed by atoms with van der Waals surface area (Å²) in [5.74, 6) is -3.33. The number of anilines is 1. The van der Waals surface area contributed by atoms with Gasteiger partial charge in [-0.05, 0) is 30.5 Å². The highest BCUT2D eigenvalue weighted by Crippen LogP contribution is 2.42. The van der Waals surface area contributed by atoms with Crippen LogP contribution in [0, 0.1) is 17.5 Å². The summed E-state index contributed by atoms with van der Waals surface area (Å²) in [6, 6.07) is 4.19. The Kier molecular flexibility index (Phi) is 4.83. The van der Waals surface area contributed by atoms with Gasteiger partial charge in [0.05, 0.1) is 11.9 Å². The van der Waals surface area contributed by atoms with Crippen molar-refractivity contribution in [3.05, 3.63) is 70.3 Å². The third-order valence-electron chi connectivity index (χ3n) is 4.38. The first kappa shape index (κ1) is 18.8. The SMILES string of the molecule is O=C(Cn1nc(C2CC2)c(-c2cc(F)cc(F)c2)cc1=O)Nc1ncncc1F. The molecule has 1 amide bonds. The third-order valence-corrected chi connectivity index (χ3v) is 4.38. The molecule has 29 heavy (non-hydrogen) atoms. The molecule has 1 N–H and O–H groups in total. The summed E-state index contributed by atoms with van der Waals surface area (Å²) in [4.78, 5) is 31.7. The van der Waals surface area contributed by atoms with E-state index in [-0.39, 0.29) is 17.3 Å². The zero-order valence-electron chi connectivity index (χ0n) is 14.9. The molecule has 0 bridgehead atoms. The largest absolute Gasteiger partial charge is 0.307 e. The van der Waals surface area contributed by atoms with Gasteiger partial charge in [0.25, 0.3) is 5.56 Å². The first-order valence-corrected chi connectivity index (χ1v) is 8.74. The molecule has 1 aliphatic carbocycles. The zero-order valence-corrected chi connectivity index (χ0v) is 14.9. The normalized spacial score (nSPS) is 13.3. The minimum absolute atomic E-state index is 0.0329.